The van der Waals surface area contributed by atoms with Crippen molar-refractivity contribution >= 4 is 33.3 Å². The number of thiophene rings is 1. The summed E-state index contributed by atoms with van der Waals surface area (Å²) in [4.78, 5) is 11.7. The molecule has 0 aliphatic heterocycles. The Hall–Kier alpha value is -1.59. The zero-order valence-corrected chi connectivity index (χ0v) is 15.4. The van der Waals surface area contributed by atoms with Crippen molar-refractivity contribution in [2.24, 2.45) is 0 Å². The average Bonchev–Trinajstić information content (AvgIpc) is 2.99. The van der Waals surface area contributed by atoms with Gasteiger partial charge >= 0.3 is 0 Å². The van der Waals surface area contributed by atoms with Crippen LogP contribution in [0, 0.1) is 6.92 Å². The minimum Gasteiger partial charge on any atom is -0.493 e. The Morgan fingerprint density at radius 1 is 1.12 bits per heavy atom. The van der Waals surface area contributed by atoms with Crippen LogP contribution in [0.4, 0.5) is 0 Å². The number of ether oxygens (including phenoxy) is 1. The first-order chi connectivity index (χ1) is 11.8. The minimum atomic E-state index is 0.686. The van der Waals surface area contributed by atoms with E-state index in [1.54, 1.807) is 18.1 Å². The largest absolute Gasteiger partial charge is 0.493 e. The third kappa shape index (κ3) is 3.28. The van der Waals surface area contributed by atoms with Gasteiger partial charge in [-0.3, -0.25) is 0 Å². The number of thioether (sulfide) groups is 1. The summed E-state index contributed by atoms with van der Waals surface area (Å²) >= 11 is 3.64. The molecule has 0 bridgehead atoms. The van der Waals surface area contributed by atoms with Gasteiger partial charge in [0.05, 0.1) is 6.61 Å². The number of aryl methyl sites for hydroxylation is 3. The highest BCUT2D eigenvalue weighted by molar-refractivity contribution is 7.99. The number of nitrogens with zero attached hydrogens (tertiary/aromatic N) is 2. The summed E-state index contributed by atoms with van der Waals surface area (Å²) in [6.45, 7) is 2.77. The maximum Gasteiger partial charge on any atom is 0.128 e. The van der Waals surface area contributed by atoms with E-state index in [4.69, 9.17) is 4.74 Å². The number of fused-ring (bicyclic) bond motifs is 3. The normalized spacial score (nSPS) is 13.9. The van der Waals surface area contributed by atoms with E-state index >= 15 is 0 Å². The van der Waals surface area contributed by atoms with E-state index in [-0.39, 0.29) is 0 Å². The second kappa shape index (κ2) is 7.11. The van der Waals surface area contributed by atoms with Crippen LogP contribution in [0.1, 0.15) is 28.8 Å². The van der Waals surface area contributed by atoms with Gasteiger partial charge in [0.1, 0.15) is 21.9 Å². The summed E-state index contributed by atoms with van der Waals surface area (Å²) in [7, 11) is 0. The predicted octanol–water partition coefficient (Wildman–Crippen LogP) is 5.05. The van der Waals surface area contributed by atoms with E-state index in [0.29, 0.717) is 6.61 Å². The summed E-state index contributed by atoms with van der Waals surface area (Å²) < 4.78 is 5.83. The number of benzene rings is 1. The van der Waals surface area contributed by atoms with Crippen molar-refractivity contribution in [2.45, 2.75) is 37.6 Å². The Morgan fingerprint density at radius 2 is 1.96 bits per heavy atom. The lowest BCUT2D eigenvalue weighted by molar-refractivity contribution is 0.344. The molecule has 0 amide bonds. The smallest absolute Gasteiger partial charge is 0.128 e. The van der Waals surface area contributed by atoms with Crippen molar-refractivity contribution in [2.75, 3.05) is 12.4 Å². The van der Waals surface area contributed by atoms with E-state index < -0.39 is 0 Å². The number of hydrogen-bond acceptors (Lipinski definition) is 5. The van der Waals surface area contributed by atoms with Crippen molar-refractivity contribution in [3.05, 3.63) is 46.6 Å². The second-order valence-corrected chi connectivity index (χ2v) is 8.25. The number of aromatic nitrogens is 2. The number of rotatable bonds is 5. The molecule has 5 heteroatoms. The first kappa shape index (κ1) is 15.9. The summed E-state index contributed by atoms with van der Waals surface area (Å²) in [6.07, 6.45) is 6.68. The van der Waals surface area contributed by atoms with Gasteiger partial charge in [-0.25, -0.2) is 9.97 Å². The molecule has 0 radical (unpaired) electrons. The molecule has 1 aliphatic carbocycles. The molecule has 0 atom stereocenters. The third-order valence-corrected chi connectivity index (χ3v) is 6.48. The molecule has 124 valence electrons. The molecule has 24 heavy (non-hydrogen) atoms. The fourth-order valence-electron chi connectivity index (χ4n) is 3.10. The van der Waals surface area contributed by atoms with Gasteiger partial charge in [0, 0.05) is 16.0 Å². The van der Waals surface area contributed by atoms with Crippen LogP contribution in [0.5, 0.6) is 5.75 Å². The zero-order valence-electron chi connectivity index (χ0n) is 13.7. The monoisotopic (exact) mass is 356 g/mol. The van der Waals surface area contributed by atoms with Gasteiger partial charge in [-0.05, 0) is 50.3 Å². The van der Waals surface area contributed by atoms with Crippen LogP contribution in [0.15, 0.2) is 35.6 Å². The molecular weight excluding hydrogens is 336 g/mol. The van der Waals surface area contributed by atoms with Gasteiger partial charge in [-0.15, -0.1) is 23.1 Å². The maximum atomic E-state index is 5.83. The van der Waals surface area contributed by atoms with Crippen molar-refractivity contribution < 1.29 is 4.74 Å². The molecule has 2 aromatic heterocycles. The van der Waals surface area contributed by atoms with Crippen molar-refractivity contribution in [1.29, 1.82) is 0 Å². The van der Waals surface area contributed by atoms with Crippen molar-refractivity contribution in [3.8, 4) is 5.75 Å². The second-order valence-electron chi connectivity index (χ2n) is 6.08. The number of hydrogen-bond donors (Lipinski definition) is 0. The topological polar surface area (TPSA) is 35.0 Å². The molecule has 2 heterocycles. The molecule has 0 saturated carbocycles. The lowest BCUT2D eigenvalue weighted by Crippen LogP contribution is -2.02. The highest BCUT2D eigenvalue weighted by Gasteiger charge is 2.19. The molecule has 0 fully saturated rings. The fraction of sp³-hybridized carbons (Fsp3) is 0.368. The zero-order chi connectivity index (χ0) is 16.4. The van der Waals surface area contributed by atoms with Crippen LogP contribution in [-0.4, -0.2) is 22.3 Å². The van der Waals surface area contributed by atoms with E-state index in [0.717, 1.165) is 21.4 Å². The lowest BCUT2D eigenvalue weighted by atomic mass is 9.97. The van der Waals surface area contributed by atoms with Gasteiger partial charge in [0.15, 0.2) is 0 Å². The summed E-state index contributed by atoms with van der Waals surface area (Å²) in [5, 5.41) is 2.42. The Morgan fingerprint density at radius 3 is 2.83 bits per heavy atom. The van der Waals surface area contributed by atoms with Crippen LogP contribution < -0.4 is 4.74 Å². The molecule has 0 spiro atoms. The predicted molar refractivity (Wildman–Crippen MR) is 101 cm³/mol. The SMILES string of the molecule is Cc1ccc(OCCSc2ncnc3sc4c(c23)CCCC4)cc1. The van der Waals surface area contributed by atoms with Crippen LogP contribution in [0.3, 0.4) is 0 Å². The van der Waals surface area contributed by atoms with E-state index in [1.807, 2.05) is 23.5 Å². The van der Waals surface area contributed by atoms with E-state index in [2.05, 4.69) is 29.0 Å². The Kier molecular flexibility index (Phi) is 4.72. The third-order valence-electron chi connectivity index (χ3n) is 4.33. The van der Waals surface area contributed by atoms with Crippen LogP contribution in [-0.2, 0) is 12.8 Å². The molecule has 0 N–H and O–H groups in total. The summed E-state index contributed by atoms with van der Waals surface area (Å²) in [6, 6.07) is 8.21. The van der Waals surface area contributed by atoms with Crippen LogP contribution >= 0.6 is 23.1 Å². The Balaban J connectivity index is 1.44. The minimum absolute atomic E-state index is 0.686. The molecule has 0 unspecified atom stereocenters. The molecule has 4 rings (SSSR count). The molecule has 3 nitrogen and oxygen atoms in total. The average molecular weight is 357 g/mol. The molecule has 1 aliphatic rings. The van der Waals surface area contributed by atoms with Crippen LogP contribution in [0.25, 0.3) is 10.2 Å². The fourth-order valence-corrected chi connectivity index (χ4v) is 5.24. The molecule has 3 aromatic rings. The van der Waals surface area contributed by atoms with Gasteiger partial charge in [0.25, 0.3) is 0 Å². The van der Waals surface area contributed by atoms with Gasteiger partial charge in [-0.2, -0.15) is 0 Å². The Labute approximate surface area is 150 Å². The van der Waals surface area contributed by atoms with E-state index in [9.17, 15) is 0 Å². The van der Waals surface area contributed by atoms with Gasteiger partial charge < -0.3 is 4.74 Å². The maximum absolute atomic E-state index is 5.83. The first-order valence-electron chi connectivity index (χ1n) is 8.39. The van der Waals surface area contributed by atoms with Crippen molar-refractivity contribution in [3.63, 3.8) is 0 Å². The standard InChI is InChI=1S/C19H20N2OS2/c1-13-6-8-14(9-7-13)22-10-11-23-18-17-15-4-2-3-5-16(15)24-19(17)21-12-20-18/h6-9,12H,2-5,10-11H2,1H3. The first-order valence-corrected chi connectivity index (χ1v) is 10.2. The lowest BCUT2D eigenvalue weighted by Gasteiger charge is -2.11. The summed E-state index contributed by atoms with van der Waals surface area (Å²) in [5.74, 6) is 1.83. The highest BCUT2D eigenvalue weighted by atomic mass is 32.2. The highest BCUT2D eigenvalue weighted by Crippen LogP contribution is 2.39. The summed E-state index contributed by atoms with van der Waals surface area (Å²) in [5.41, 5.74) is 2.76. The van der Waals surface area contributed by atoms with Gasteiger partial charge in [0.2, 0.25) is 0 Å². The van der Waals surface area contributed by atoms with Crippen LogP contribution in [0.2, 0.25) is 0 Å². The molecule has 0 saturated heterocycles. The molecular formula is C19H20N2OS2. The van der Waals surface area contributed by atoms with E-state index in [1.165, 1.54) is 47.1 Å². The van der Waals surface area contributed by atoms with Gasteiger partial charge in [-0.1, -0.05) is 17.7 Å². The quantitative estimate of drug-likeness (QED) is 0.364. The molecule has 1 aromatic carbocycles. The van der Waals surface area contributed by atoms with Crippen molar-refractivity contribution in [1.82, 2.24) is 9.97 Å². The Bertz CT molecular complexity index is 842.